The zero-order valence-corrected chi connectivity index (χ0v) is 11.6. The van der Waals surface area contributed by atoms with Gasteiger partial charge in [0.1, 0.15) is 11.3 Å². The second-order valence-corrected chi connectivity index (χ2v) is 4.82. The van der Waals surface area contributed by atoms with Crippen LogP contribution in [0.2, 0.25) is 0 Å². The van der Waals surface area contributed by atoms with E-state index in [1.54, 1.807) is 12.1 Å². The normalized spacial score (nSPS) is 11.4. The fourth-order valence-corrected chi connectivity index (χ4v) is 1.82. The Morgan fingerprint density at radius 2 is 1.85 bits per heavy atom. The van der Waals surface area contributed by atoms with Crippen LogP contribution in [0, 0.1) is 0 Å². The SMILES string of the molecule is OCc1ccc(Oc2ncc(Br)cc2C(F)(F)F)cc1. The van der Waals surface area contributed by atoms with Crippen LogP contribution in [-0.2, 0) is 12.8 Å². The molecule has 1 aromatic heterocycles. The summed E-state index contributed by atoms with van der Waals surface area (Å²) < 4.78 is 44.0. The molecule has 0 aliphatic rings. The molecule has 0 spiro atoms. The standard InChI is InChI=1S/C13H9BrF3NO2/c14-9-5-11(13(15,16)17)12(18-6-9)20-10-3-1-8(7-19)2-4-10/h1-6,19H,7H2. The van der Waals surface area contributed by atoms with Crippen molar-refractivity contribution in [2.45, 2.75) is 12.8 Å². The third-order valence-corrected chi connectivity index (χ3v) is 2.88. The Labute approximate surface area is 121 Å². The van der Waals surface area contributed by atoms with E-state index in [9.17, 15) is 13.2 Å². The fourth-order valence-electron chi connectivity index (χ4n) is 1.49. The average molecular weight is 348 g/mol. The minimum Gasteiger partial charge on any atom is -0.438 e. The first-order valence-electron chi connectivity index (χ1n) is 5.50. The van der Waals surface area contributed by atoms with E-state index in [1.165, 1.54) is 18.3 Å². The second kappa shape index (κ2) is 5.80. The lowest BCUT2D eigenvalue weighted by atomic mass is 10.2. The van der Waals surface area contributed by atoms with Gasteiger partial charge in [-0.05, 0) is 39.7 Å². The number of nitrogens with zero attached hydrogens (tertiary/aromatic N) is 1. The van der Waals surface area contributed by atoms with Crippen molar-refractivity contribution in [1.29, 1.82) is 0 Å². The number of benzene rings is 1. The van der Waals surface area contributed by atoms with Crippen LogP contribution >= 0.6 is 15.9 Å². The molecule has 1 aromatic carbocycles. The van der Waals surface area contributed by atoms with E-state index in [4.69, 9.17) is 9.84 Å². The van der Waals surface area contributed by atoms with Gasteiger partial charge in [0.2, 0.25) is 5.88 Å². The maximum absolute atomic E-state index is 12.9. The number of hydrogen-bond acceptors (Lipinski definition) is 3. The molecule has 20 heavy (non-hydrogen) atoms. The van der Waals surface area contributed by atoms with Gasteiger partial charge in [0.05, 0.1) is 6.61 Å². The predicted octanol–water partition coefficient (Wildman–Crippen LogP) is 4.15. The number of ether oxygens (including phenoxy) is 1. The molecule has 0 saturated heterocycles. The van der Waals surface area contributed by atoms with Crippen molar-refractivity contribution in [3.8, 4) is 11.6 Å². The molecule has 0 amide bonds. The monoisotopic (exact) mass is 347 g/mol. The predicted molar refractivity (Wildman–Crippen MR) is 69.4 cm³/mol. The second-order valence-electron chi connectivity index (χ2n) is 3.91. The van der Waals surface area contributed by atoms with Crippen LogP contribution < -0.4 is 4.74 Å². The minimum atomic E-state index is -4.56. The van der Waals surface area contributed by atoms with E-state index >= 15 is 0 Å². The lowest BCUT2D eigenvalue weighted by Gasteiger charge is -2.13. The molecule has 0 atom stereocenters. The Kier molecular flexibility index (Phi) is 4.29. The third kappa shape index (κ3) is 3.49. The molecule has 1 N–H and O–H groups in total. The van der Waals surface area contributed by atoms with Crippen LogP contribution in [0.4, 0.5) is 13.2 Å². The molecule has 0 fully saturated rings. The number of alkyl halides is 3. The molecule has 106 valence electrons. The van der Waals surface area contributed by atoms with Gasteiger partial charge in [-0.25, -0.2) is 4.98 Å². The van der Waals surface area contributed by atoms with Crippen molar-refractivity contribution in [1.82, 2.24) is 4.98 Å². The summed E-state index contributed by atoms with van der Waals surface area (Å²) in [6, 6.07) is 6.96. The Morgan fingerprint density at radius 3 is 2.40 bits per heavy atom. The van der Waals surface area contributed by atoms with Crippen molar-refractivity contribution >= 4 is 15.9 Å². The van der Waals surface area contributed by atoms with Crippen molar-refractivity contribution in [2.75, 3.05) is 0 Å². The minimum absolute atomic E-state index is 0.148. The van der Waals surface area contributed by atoms with Gasteiger partial charge in [0, 0.05) is 10.7 Å². The maximum atomic E-state index is 12.9. The van der Waals surface area contributed by atoms with Gasteiger partial charge >= 0.3 is 6.18 Å². The summed E-state index contributed by atoms with van der Waals surface area (Å²) in [6.45, 7) is -0.148. The fraction of sp³-hybridized carbons (Fsp3) is 0.154. The zero-order chi connectivity index (χ0) is 14.8. The average Bonchev–Trinajstić information content (AvgIpc) is 2.40. The summed E-state index contributed by atoms with van der Waals surface area (Å²) in [5.74, 6) is -0.306. The van der Waals surface area contributed by atoms with Crippen LogP contribution in [0.15, 0.2) is 41.0 Å². The van der Waals surface area contributed by atoms with E-state index in [0.29, 0.717) is 5.56 Å². The number of hydrogen-bond donors (Lipinski definition) is 1. The van der Waals surface area contributed by atoms with E-state index in [2.05, 4.69) is 20.9 Å². The first-order chi connectivity index (χ1) is 9.40. The van der Waals surface area contributed by atoms with E-state index in [1.807, 2.05) is 0 Å². The molecule has 1 heterocycles. The van der Waals surface area contributed by atoms with Crippen LogP contribution in [0.25, 0.3) is 0 Å². The van der Waals surface area contributed by atoms with Gasteiger partial charge in [-0.15, -0.1) is 0 Å². The van der Waals surface area contributed by atoms with Gasteiger partial charge < -0.3 is 9.84 Å². The molecule has 2 rings (SSSR count). The summed E-state index contributed by atoms with van der Waals surface area (Å²) in [7, 11) is 0. The summed E-state index contributed by atoms with van der Waals surface area (Å²) in [6.07, 6.45) is -3.33. The van der Waals surface area contributed by atoms with Gasteiger partial charge in [-0.1, -0.05) is 12.1 Å². The summed E-state index contributed by atoms with van der Waals surface area (Å²) in [4.78, 5) is 3.64. The Morgan fingerprint density at radius 1 is 1.20 bits per heavy atom. The quantitative estimate of drug-likeness (QED) is 0.906. The van der Waals surface area contributed by atoms with Gasteiger partial charge in [-0.2, -0.15) is 13.2 Å². The Hall–Kier alpha value is -1.60. The first kappa shape index (κ1) is 14.8. The lowest BCUT2D eigenvalue weighted by molar-refractivity contribution is -0.138. The molecule has 0 saturated carbocycles. The molecule has 7 heteroatoms. The number of aliphatic hydroxyl groups is 1. The molecule has 0 bridgehead atoms. The number of pyridine rings is 1. The van der Waals surface area contributed by atoms with Crippen LogP contribution in [0.1, 0.15) is 11.1 Å². The Balaban J connectivity index is 2.32. The van der Waals surface area contributed by atoms with E-state index < -0.39 is 17.6 Å². The highest BCUT2D eigenvalue weighted by Gasteiger charge is 2.35. The van der Waals surface area contributed by atoms with Crippen molar-refractivity contribution < 1.29 is 23.0 Å². The molecular weight excluding hydrogens is 339 g/mol. The molecule has 2 aromatic rings. The van der Waals surface area contributed by atoms with Crippen molar-refractivity contribution in [3.63, 3.8) is 0 Å². The number of halogens is 4. The highest BCUT2D eigenvalue weighted by Crippen LogP contribution is 2.38. The van der Waals surface area contributed by atoms with Crippen LogP contribution in [0.5, 0.6) is 11.6 Å². The summed E-state index contributed by atoms with van der Waals surface area (Å²) >= 11 is 2.95. The first-order valence-corrected chi connectivity index (χ1v) is 6.30. The summed E-state index contributed by atoms with van der Waals surface area (Å²) in [5.41, 5.74) is -0.324. The number of aromatic nitrogens is 1. The number of aliphatic hydroxyl groups excluding tert-OH is 1. The van der Waals surface area contributed by atoms with Crippen molar-refractivity contribution in [3.05, 3.63) is 52.1 Å². The lowest BCUT2D eigenvalue weighted by Crippen LogP contribution is -2.08. The molecule has 0 unspecified atom stereocenters. The third-order valence-electron chi connectivity index (χ3n) is 2.44. The van der Waals surface area contributed by atoms with Gasteiger partial charge in [0.25, 0.3) is 0 Å². The van der Waals surface area contributed by atoms with Crippen molar-refractivity contribution in [2.24, 2.45) is 0 Å². The molecule has 0 radical (unpaired) electrons. The molecular formula is C13H9BrF3NO2. The highest BCUT2D eigenvalue weighted by atomic mass is 79.9. The molecule has 0 aliphatic heterocycles. The van der Waals surface area contributed by atoms with E-state index in [-0.39, 0.29) is 16.8 Å². The summed E-state index contributed by atoms with van der Waals surface area (Å²) in [5, 5.41) is 8.89. The van der Waals surface area contributed by atoms with Crippen LogP contribution in [0.3, 0.4) is 0 Å². The largest absolute Gasteiger partial charge is 0.438 e. The van der Waals surface area contributed by atoms with Crippen LogP contribution in [-0.4, -0.2) is 10.1 Å². The van der Waals surface area contributed by atoms with E-state index in [0.717, 1.165) is 6.07 Å². The molecule has 3 nitrogen and oxygen atoms in total. The van der Waals surface area contributed by atoms with Gasteiger partial charge in [-0.3, -0.25) is 0 Å². The zero-order valence-electron chi connectivity index (χ0n) is 9.99. The number of rotatable bonds is 3. The molecule has 0 aliphatic carbocycles. The topological polar surface area (TPSA) is 42.4 Å². The van der Waals surface area contributed by atoms with Gasteiger partial charge in [0.15, 0.2) is 0 Å². The maximum Gasteiger partial charge on any atom is 0.421 e. The highest BCUT2D eigenvalue weighted by molar-refractivity contribution is 9.10. The smallest absolute Gasteiger partial charge is 0.421 e. The Bertz CT molecular complexity index is 600.